The van der Waals surface area contributed by atoms with Crippen molar-refractivity contribution < 1.29 is 4.79 Å². The molecule has 0 atom stereocenters. The molecule has 1 amide bonds. The first kappa shape index (κ1) is 12.2. The number of carbonyl (C=O) groups excluding carboxylic acids is 1. The Bertz CT molecular complexity index is 301. The second kappa shape index (κ2) is 6.58. The van der Waals surface area contributed by atoms with Gasteiger partial charge in [-0.25, -0.2) is 9.97 Å². The highest BCUT2D eigenvalue weighted by molar-refractivity contribution is 6.18. The third-order valence-corrected chi connectivity index (χ3v) is 2.14. The van der Waals surface area contributed by atoms with Crippen LogP contribution >= 0.6 is 23.2 Å². The van der Waals surface area contributed by atoms with Crippen molar-refractivity contribution in [3.05, 3.63) is 24.3 Å². The van der Waals surface area contributed by atoms with Crippen LogP contribution in [0.3, 0.4) is 0 Å². The Morgan fingerprint density at radius 3 is 2.20 bits per heavy atom. The van der Waals surface area contributed by atoms with Crippen molar-refractivity contribution in [2.75, 3.05) is 24.8 Å². The van der Waals surface area contributed by atoms with E-state index in [4.69, 9.17) is 23.2 Å². The minimum atomic E-state index is -0.142. The average Bonchev–Trinajstić information content (AvgIpc) is 2.29. The number of nitrogens with zero attached hydrogens (tertiary/aromatic N) is 3. The van der Waals surface area contributed by atoms with E-state index in [1.54, 1.807) is 4.90 Å². The number of hydrogen-bond acceptors (Lipinski definition) is 3. The summed E-state index contributed by atoms with van der Waals surface area (Å²) >= 11 is 11.2. The lowest BCUT2D eigenvalue weighted by Crippen LogP contribution is -2.34. The Morgan fingerprint density at radius 1 is 1.20 bits per heavy atom. The van der Waals surface area contributed by atoms with Crippen molar-refractivity contribution in [1.29, 1.82) is 0 Å². The summed E-state index contributed by atoms with van der Waals surface area (Å²) in [6.45, 7) is 0.948. The number of amides is 1. The third-order valence-electron chi connectivity index (χ3n) is 1.80. The number of aromatic nitrogens is 2. The molecule has 4 nitrogen and oxygen atoms in total. The fraction of sp³-hybridized carbons (Fsp3) is 0.444. The Balaban J connectivity index is 2.71. The smallest absolute Gasteiger partial charge is 0.257 e. The van der Waals surface area contributed by atoms with Crippen LogP contribution in [-0.2, 0) is 0 Å². The Morgan fingerprint density at radius 2 is 1.73 bits per heavy atom. The molecule has 1 aromatic heterocycles. The molecule has 0 aromatic carbocycles. The SMILES string of the molecule is O=C(c1cncnc1)N(CCCl)CCCl. The highest BCUT2D eigenvalue weighted by atomic mass is 35.5. The van der Waals surface area contributed by atoms with E-state index in [-0.39, 0.29) is 5.91 Å². The topological polar surface area (TPSA) is 46.1 Å². The maximum Gasteiger partial charge on any atom is 0.257 e. The minimum Gasteiger partial charge on any atom is -0.336 e. The van der Waals surface area contributed by atoms with Crippen LogP contribution < -0.4 is 0 Å². The van der Waals surface area contributed by atoms with Crippen molar-refractivity contribution in [1.82, 2.24) is 14.9 Å². The molecule has 0 radical (unpaired) electrons. The monoisotopic (exact) mass is 247 g/mol. The standard InChI is InChI=1S/C9H11Cl2N3O/c10-1-3-14(4-2-11)9(15)8-5-12-7-13-6-8/h5-7H,1-4H2. The van der Waals surface area contributed by atoms with Gasteiger partial charge in [0.2, 0.25) is 0 Å². The Hall–Kier alpha value is -0.870. The molecule has 0 fully saturated rings. The molecule has 0 spiro atoms. The van der Waals surface area contributed by atoms with Crippen LogP contribution in [-0.4, -0.2) is 45.6 Å². The zero-order valence-corrected chi connectivity index (χ0v) is 9.58. The molecule has 0 bridgehead atoms. The summed E-state index contributed by atoms with van der Waals surface area (Å²) in [5.74, 6) is 0.629. The lowest BCUT2D eigenvalue weighted by Gasteiger charge is -2.19. The number of halogens is 2. The average molecular weight is 248 g/mol. The van der Waals surface area contributed by atoms with Crippen LogP contribution in [0.2, 0.25) is 0 Å². The highest BCUT2D eigenvalue weighted by Gasteiger charge is 2.14. The van der Waals surface area contributed by atoms with Crippen LogP contribution in [0.15, 0.2) is 18.7 Å². The van der Waals surface area contributed by atoms with E-state index in [0.29, 0.717) is 30.4 Å². The largest absolute Gasteiger partial charge is 0.336 e. The molecule has 0 aliphatic rings. The quantitative estimate of drug-likeness (QED) is 0.740. The first-order chi connectivity index (χ1) is 7.29. The summed E-state index contributed by atoms with van der Waals surface area (Å²) in [7, 11) is 0. The second-order valence-electron chi connectivity index (χ2n) is 2.80. The molecular weight excluding hydrogens is 237 g/mol. The molecule has 1 rings (SSSR count). The third kappa shape index (κ3) is 3.64. The first-order valence-corrected chi connectivity index (χ1v) is 5.52. The summed E-state index contributed by atoms with van der Waals surface area (Å²) in [6, 6.07) is 0. The van der Waals surface area contributed by atoms with Gasteiger partial charge in [0, 0.05) is 37.2 Å². The summed E-state index contributed by atoms with van der Waals surface area (Å²) in [4.78, 5) is 21.0. The summed E-state index contributed by atoms with van der Waals surface area (Å²) in [6.07, 6.45) is 4.33. The van der Waals surface area contributed by atoms with Gasteiger partial charge in [-0.05, 0) is 0 Å². The molecular formula is C9H11Cl2N3O. The van der Waals surface area contributed by atoms with Crippen LogP contribution in [0.25, 0.3) is 0 Å². The van der Waals surface area contributed by atoms with Crippen molar-refractivity contribution in [3.63, 3.8) is 0 Å². The van der Waals surface area contributed by atoms with Crippen LogP contribution in [0, 0.1) is 0 Å². The zero-order chi connectivity index (χ0) is 11.1. The van der Waals surface area contributed by atoms with Gasteiger partial charge in [0.15, 0.2) is 0 Å². The van der Waals surface area contributed by atoms with Gasteiger partial charge >= 0.3 is 0 Å². The number of alkyl halides is 2. The number of rotatable bonds is 5. The predicted molar refractivity (Wildman–Crippen MR) is 59.4 cm³/mol. The van der Waals surface area contributed by atoms with E-state index >= 15 is 0 Å². The van der Waals surface area contributed by atoms with Crippen LogP contribution in [0.4, 0.5) is 0 Å². The van der Waals surface area contributed by atoms with E-state index < -0.39 is 0 Å². The summed E-state index contributed by atoms with van der Waals surface area (Å²) in [5, 5.41) is 0. The van der Waals surface area contributed by atoms with Gasteiger partial charge in [0.1, 0.15) is 6.33 Å². The molecule has 0 saturated carbocycles. The van der Waals surface area contributed by atoms with Crippen LogP contribution in [0.5, 0.6) is 0 Å². The van der Waals surface area contributed by atoms with Gasteiger partial charge in [0.05, 0.1) is 5.56 Å². The number of carbonyl (C=O) groups is 1. The molecule has 82 valence electrons. The molecule has 1 aromatic rings. The van der Waals surface area contributed by atoms with E-state index in [1.807, 2.05) is 0 Å². The molecule has 0 aliphatic carbocycles. The Labute approximate surface area is 98.2 Å². The maximum absolute atomic E-state index is 11.9. The molecule has 0 unspecified atom stereocenters. The summed E-state index contributed by atoms with van der Waals surface area (Å²) < 4.78 is 0. The molecule has 1 heterocycles. The molecule has 0 aliphatic heterocycles. The van der Waals surface area contributed by atoms with Crippen molar-refractivity contribution >= 4 is 29.1 Å². The van der Waals surface area contributed by atoms with E-state index in [9.17, 15) is 4.79 Å². The maximum atomic E-state index is 11.9. The second-order valence-corrected chi connectivity index (χ2v) is 3.55. The van der Waals surface area contributed by atoms with Gasteiger partial charge in [-0.3, -0.25) is 4.79 Å². The lowest BCUT2D eigenvalue weighted by molar-refractivity contribution is 0.0774. The fourth-order valence-corrected chi connectivity index (χ4v) is 1.52. The van der Waals surface area contributed by atoms with E-state index in [1.165, 1.54) is 18.7 Å². The fourth-order valence-electron chi connectivity index (χ4n) is 1.11. The molecule has 6 heteroatoms. The predicted octanol–water partition coefficient (Wildman–Crippen LogP) is 1.40. The minimum absolute atomic E-state index is 0.142. The summed E-state index contributed by atoms with van der Waals surface area (Å²) in [5.41, 5.74) is 0.452. The molecule has 0 N–H and O–H groups in total. The van der Waals surface area contributed by atoms with E-state index in [2.05, 4.69) is 9.97 Å². The molecule has 15 heavy (non-hydrogen) atoms. The van der Waals surface area contributed by atoms with Crippen molar-refractivity contribution in [3.8, 4) is 0 Å². The van der Waals surface area contributed by atoms with E-state index in [0.717, 1.165) is 0 Å². The van der Waals surface area contributed by atoms with Gasteiger partial charge < -0.3 is 4.90 Å². The van der Waals surface area contributed by atoms with Gasteiger partial charge in [-0.2, -0.15) is 0 Å². The molecule has 0 saturated heterocycles. The first-order valence-electron chi connectivity index (χ1n) is 4.45. The van der Waals surface area contributed by atoms with Crippen molar-refractivity contribution in [2.45, 2.75) is 0 Å². The normalized spacial score (nSPS) is 10.0. The number of hydrogen-bond donors (Lipinski definition) is 0. The van der Waals surface area contributed by atoms with Crippen LogP contribution in [0.1, 0.15) is 10.4 Å². The van der Waals surface area contributed by atoms with Gasteiger partial charge in [-0.15, -0.1) is 23.2 Å². The highest BCUT2D eigenvalue weighted by Crippen LogP contribution is 2.02. The zero-order valence-electron chi connectivity index (χ0n) is 8.07. The van der Waals surface area contributed by atoms with Gasteiger partial charge in [0.25, 0.3) is 5.91 Å². The Kier molecular flexibility index (Phi) is 5.36. The lowest BCUT2D eigenvalue weighted by atomic mass is 10.3. The van der Waals surface area contributed by atoms with Gasteiger partial charge in [-0.1, -0.05) is 0 Å². The van der Waals surface area contributed by atoms with Crippen molar-refractivity contribution in [2.24, 2.45) is 0 Å².